The molecule has 0 radical (unpaired) electrons. The Morgan fingerprint density at radius 2 is 1.77 bits per heavy atom. The van der Waals surface area contributed by atoms with Gasteiger partial charge in [0.1, 0.15) is 5.75 Å². The van der Waals surface area contributed by atoms with Crippen molar-refractivity contribution in [3.05, 3.63) is 58.7 Å². The first-order valence-corrected chi connectivity index (χ1v) is 11.2. The van der Waals surface area contributed by atoms with Crippen LogP contribution in [0.2, 0.25) is 0 Å². The Kier molecular flexibility index (Phi) is 4.53. The minimum Gasteiger partial charge on any atom is -0.493 e. The average molecular weight is 371 g/mol. The van der Waals surface area contributed by atoms with Gasteiger partial charge >= 0.3 is 0 Å². The number of hydrogen-bond acceptors (Lipinski definition) is 4. The molecule has 4 rings (SSSR count). The normalized spacial score (nSPS) is 20.4. The summed E-state index contributed by atoms with van der Waals surface area (Å²) in [6.45, 7) is 5.04. The molecule has 0 aliphatic carbocycles. The van der Waals surface area contributed by atoms with E-state index in [-0.39, 0.29) is 0 Å². The zero-order valence-electron chi connectivity index (χ0n) is 15.5. The van der Waals surface area contributed by atoms with Gasteiger partial charge in [-0.25, -0.2) is 8.99 Å². The average Bonchev–Trinajstić information content (AvgIpc) is 2.98. The number of rotatable bonds is 3. The van der Waals surface area contributed by atoms with Gasteiger partial charge in [-0.2, -0.15) is 0 Å². The van der Waals surface area contributed by atoms with Crippen LogP contribution in [0.3, 0.4) is 0 Å². The van der Waals surface area contributed by atoms with Crippen LogP contribution < -0.4 is 4.74 Å². The van der Waals surface area contributed by atoms with E-state index in [2.05, 4.69) is 36.1 Å². The fourth-order valence-corrected chi connectivity index (χ4v) is 4.70. The third kappa shape index (κ3) is 3.38. The van der Waals surface area contributed by atoms with Crippen LogP contribution in [0.1, 0.15) is 35.2 Å². The number of nitrogens with one attached hydrogen (secondary N) is 1. The highest BCUT2D eigenvalue weighted by atomic mass is 32.2. The molecule has 26 heavy (non-hydrogen) atoms. The van der Waals surface area contributed by atoms with Crippen LogP contribution in [0.25, 0.3) is 0 Å². The van der Waals surface area contributed by atoms with Gasteiger partial charge in [0, 0.05) is 36.7 Å². The van der Waals surface area contributed by atoms with Crippen molar-refractivity contribution in [2.75, 3.05) is 26.0 Å². The van der Waals surface area contributed by atoms with Gasteiger partial charge in [-0.1, -0.05) is 18.2 Å². The summed E-state index contributed by atoms with van der Waals surface area (Å²) in [5, 5.41) is 0. The van der Waals surface area contributed by atoms with Gasteiger partial charge in [-0.05, 0) is 60.2 Å². The zero-order valence-corrected chi connectivity index (χ0v) is 16.3. The molecule has 2 atom stereocenters. The van der Waals surface area contributed by atoms with Crippen LogP contribution in [0.15, 0.2) is 41.3 Å². The Hall–Kier alpha value is -1.85. The lowest BCUT2D eigenvalue weighted by Gasteiger charge is -2.28. The summed E-state index contributed by atoms with van der Waals surface area (Å²) in [6.07, 6.45) is 4.44. The van der Waals surface area contributed by atoms with Crippen molar-refractivity contribution in [2.45, 2.75) is 37.1 Å². The van der Waals surface area contributed by atoms with Crippen molar-refractivity contribution >= 4 is 9.73 Å². The van der Waals surface area contributed by atoms with Crippen LogP contribution in [0.4, 0.5) is 0 Å². The third-order valence-electron chi connectivity index (χ3n) is 5.71. The quantitative estimate of drug-likeness (QED) is 0.894. The van der Waals surface area contributed by atoms with Crippen molar-refractivity contribution in [1.29, 1.82) is 4.78 Å². The van der Waals surface area contributed by atoms with Crippen molar-refractivity contribution in [1.82, 2.24) is 4.90 Å². The van der Waals surface area contributed by atoms with E-state index in [1.54, 1.807) is 0 Å². The van der Waals surface area contributed by atoms with Gasteiger partial charge in [0.2, 0.25) is 0 Å². The summed E-state index contributed by atoms with van der Waals surface area (Å²) in [5.41, 5.74) is 5.19. The second kappa shape index (κ2) is 6.71. The maximum Gasteiger partial charge on any atom is 0.122 e. The highest BCUT2D eigenvalue weighted by molar-refractivity contribution is 7.91. The minimum atomic E-state index is -2.65. The van der Waals surface area contributed by atoms with Gasteiger partial charge in [0.25, 0.3) is 0 Å². The Balaban J connectivity index is 1.53. The summed E-state index contributed by atoms with van der Waals surface area (Å²) >= 11 is 0. The molecule has 2 aliphatic heterocycles. The third-order valence-corrected chi connectivity index (χ3v) is 6.87. The Morgan fingerprint density at radius 3 is 2.54 bits per heavy atom. The predicted molar refractivity (Wildman–Crippen MR) is 105 cm³/mol. The second-order valence-electron chi connectivity index (χ2n) is 7.45. The lowest BCUT2D eigenvalue weighted by molar-refractivity contribution is 0.220. The molecule has 0 amide bonds. The fraction of sp³-hybridized carbons (Fsp3) is 0.429. The molecular formula is C21H26N2O2S. The first kappa shape index (κ1) is 17.6. The SMILES string of the molecule is C[C@H](c1ccc2c(c1)OCC2)N1CCc2ccc([S@@](C)(=N)=O)cc2CC1. The summed E-state index contributed by atoms with van der Waals surface area (Å²) < 4.78 is 25.6. The number of fused-ring (bicyclic) bond motifs is 2. The molecule has 1 N–H and O–H groups in total. The molecular weight excluding hydrogens is 344 g/mol. The summed E-state index contributed by atoms with van der Waals surface area (Å²) in [4.78, 5) is 3.16. The van der Waals surface area contributed by atoms with E-state index < -0.39 is 9.73 Å². The topological polar surface area (TPSA) is 53.4 Å². The van der Waals surface area contributed by atoms with Crippen LogP contribution in [-0.4, -0.2) is 35.1 Å². The molecule has 2 heterocycles. The smallest absolute Gasteiger partial charge is 0.122 e. The highest BCUT2D eigenvalue weighted by Crippen LogP contribution is 2.31. The molecule has 0 unspecified atom stereocenters. The summed E-state index contributed by atoms with van der Waals surface area (Å²) in [5.74, 6) is 1.05. The molecule has 0 aromatic heterocycles. The molecule has 2 aromatic carbocycles. The molecule has 0 saturated heterocycles. The van der Waals surface area contributed by atoms with E-state index >= 15 is 0 Å². The van der Waals surface area contributed by atoms with E-state index in [0.717, 1.165) is 44.7 Å². The molecule has 4 nitrogen and oxygen atoms in total. The molecule has 2 aliphatic rings. The maximum absolute atomic E-state index is 12.1. The number of ether oxygens (including phenoxy) is 1. The molecule has 0 saturated carbocycles. The molecule has 2 aromatic rings. The van der Waals surface area contributed by atoms with Crippen molar-refractivity contribution in [3.63, 3.8) is 0 Å². The minimum absolute atomic E-state index is 0.338. The Morgan fingerprint density at radius 1 is 1.04 bits per heavy atom. The second-order valence-corrected chi connectivity index (χ2v) is 9.61. The fourth-order valence-electron chi connectivity index (χ4n) is 4.00. The molecule has 0 fully saturated rings. The highest BCUT2D eigenvalue weighted by Gasteiger charge is 2.22. The van der Waals surface area contributed by atoms with Crippen molar-refractivity contribution < 1.29 is 8.95 Å². The van der Waals surface area contributed by atoms with Crippen LogP contribution in [0.5, 0.6) is 5.75 Å². The van der Waals surface area contributed by atoms with Crippen molar-refractivity contribution in [2.24, 2.45) is 0 Å². The van der Waals surface area contributed by atoms with Gasteiger partial charge in [0.05, 0.1) is 16.3 Å². The van der Waals surface area contributed by atoms with E-state index in [9.17, 15) is 4.21 Å². The van der Waals surface area contributed by atoms with Crippen molar-refractivity contribution in [3.8, 4) is 5.75 Å². The number of benzene rings is 2. The van der Waals surface area contributed by atoms with E-state index in [4.69, 9.17) is 9.52 Å². The van der Waals surface area contributed by atoms with Gasteiger partial charge in [-0.3, -0.25) is 4.90 Å². The molecule has 0 bridgehead atoms. The summed E-state index contributed by atoms with van der Waals surface area (Å²) in [6, 6.07) is 12.9. The van der Waals surface area contributed by atoms with Gasteiger partial charge < -0.3 is 4.74 Å². The lowest BCUT2D eigenvalue weighted by atomic mass is 10.0. The van der Waals surface area contributed by atoms with Crippen LogP contribution in [-0.2, 0) is 29.0 Å². The molecule has 5 heteroatoms. The molecule has 0 spiro atoms. The largest absolute Gasteiger partial charge is 0.493 e. The number of nitrogens with zero attached hydrogens (tertiary/aromatic N) is 1. The molecule has 138 valence electrons. The van der Waals surface area contributed by atoms with Gasteiger partial charge in [0.15, 0.2) is 0 Å². The monoisotopic (exact) mass is 370 g/mol. The Labute approximate surface area is 156 Å². The summed E-state index contributed by atoms with van der Waals surface area (Å²) in [7, 11) is -2.65. The zero-order chi connectivity index (χ0) is 18.3. The van der Waals surface area contributed by atoms with E-state index in [1.807, 2.05) is 12.1 Å². The number of hydrogen-bond donors (Lipinski definition) is 1. The predicted octanol–water partition coefficient (Wildman–Crippen LogP) is 3.82. The standard InChI is InChI=1S/C21H26N2O2S/c1-15(18-4-3-17-9-12-25-21(17)14-18)23-10-7-16-5-6-20(26(2,22)24)13-19(16)8-11-23/h3-6,13-15,22H,7-12H2,1-2H3/t15-,26+/m1/s1. The van der Waals surface area contributed by atoms with Crippen LogP contribution >= 0.6 is 0 Å². The van der Waals surface area contributed by atoms with Gasteiger partial charge in [-0.15, -0.1) is 0 Å². The van der Waals surface area contributed by atoms with E-state index in [1.165, 1.54) is 28.5 Å². The van der Waals surface area contributed by atoms with Crippen LogP contribution in [0, 0.1) is 4.78 Å². The maximum atomic E-state index is 12.1. The first-order valence-electron chi connectivity index (χ1n) is 9.27. The first-order chi connectivity index (χ1) is 12.4. The lowest BCUT2D eigenvalue weighted by Crippen LogP contribution is -2.29. The Bertz CT molecular complexity index is 937. The van der Waals surface area contributed by atoms with E-state index in [0.29, 0.717) is 10.9 Å².